The van der Waals surface area contributed by atoms with E-state index in [2.05, 4.69) is 16.7 Å². The van der Waals surface area contributed by atoms with Crippen molar-refractivity contribution in [3.63, 3.8) is 0 Å². The molecular weight excluding hydrogens is 326 g/mol. The van der Waals surface area contributed by atoms with Crippen molar-refractivity contribution in [2.75, 3.05) is 23.3 Å². The summed E-state index contributed by atoms with van der Waals surface area (Å²) >= 11 is 0. The van der Waals surface area contributed by atoms with Gasteiger partial charge in [0, 0.05) is 29.5 Å². The van der Waals surface area contributed by atoms with Crippen LogP contribution in [0.1, 0.15) is 36.2 Å². The van der Waals surface area contributed by atoms with Crippen molar-refractivity contribution < 1.29 is 9.59 Å². The minimum atomic E-state index is -0.111. The standard InChI is InChI=1S/C21H25N3O2/c1-15(2)23-21(26)17-8-5-10-18(13-17)22-14-20(25)24-12-6-9-16-7-3-4-11-19(16)24/h3-5,7-8,10-11,13,15,22H,6,9,12,14H2,1-2H3,(H,23,26). The smallest absolute Gasteiger partial charge is 0.251 e. The summed E-state index contributed by atoms with van der Waals surface area (Å²) in [5, 5.41) is 6.02. The van der Waals surface area contributed by atoms with Crippen LogP contribution in [-0.4, -0.2) is 30.9 Å². The monoisotopic (exact) mass is 351 g/mol. The topological polar surface area (TPSA) is 61.4 Å². The normalized spacial score (nSPS) is 13.3. The van der Waals surface area contributed by atoms with Crippen molar-refractivity contribution in [3.8, 4) is 0 Å². The van der Waals surface area contributed by atoms with Crippen molar-refractivity contribution in [1.29, 1.82) is 0 Å². The number of fused-ring (bicyclic) bond motifs is 1. The highest BCUT2D eigenvalue weighted by molar-refractivity contribution is 5.98. The van der Waals surface area contributed by atoms with Gasteiger partial charge in [-0.25, -0.2) is 0 Å². The van der Waals surface area contributed by atoms with E-state index < -0.39 is 0 Å². The maximum absolute atomic E-state index is 12.7. The van der Waals surface area contributed by atoms with E-state index in [0.717, 1.165) is 30.8 Å². The number of para-hydroxylation sites is 1. The average molecular weight is 351 g/mol. The van der Waals surface area contributed by atoms with Gasteiger partial charge in [0.1, 0.15) is 0 Å². The zero-order chi connectivity index (χ0) is 18.5. The minimum Gasteiger partial charge on any atom is -0.376 e. The third-order valence-electron chi connectivity index (χ3n) is 4.40. The van der Waals surface area contributed by atoms with Crippen molar-refractivity contribution >= 4 is 23.2 Å². The van der Waals surface area contributed by atoms with Gasteiger partial charge in [0.15, 0.2) is 0 Å². The molecule has 0 saturated heterocycles. The highest BCUT2D eigenvalue weighted by atomic mass is 16.2. The summed E-state index contributed by atoms with van der Waals surface area (Å²) in [4.78, 5) is 26.6. The first-order chi connectivity index (χ1) is 12.5. The van der Waals surface area contributed by atoms with E-state index in [1.807, 2.05) is 49.1 Å². The van der Waals surface area contributed by atoms with Crippen LogP contribution in [0.2, 0.25) is 0 Å². The lowest BCUT2D eigenvalue weighted by Crippen LogP contribution is -2.39. The first-order valence-corrected chi connectivity index (χ1v) is 9.07. The van der Waals surface area contributed by atoms with Gasteiger partial charge in [-0.1, -0.05) is 24.3 Å². The fraction of sp³-hybridized carbons (Fsp3) is 0.333. The number of carbonyl (C=O) groups excluding carboxylic acids is 2. The van der Waals surface area contributed by atoms with Gasteiger partial charge >= 0.3 is 0 Å². The van der Waals surface area contributed by atoms with Crippen LogP contribution in [0.25, 0.3) is 0 Å². The van der Waals surface area contributed by atoms with Gasteiger partial charge in [0.25, 0.3) is 5.91 Å². The number of benzene rings is 2. The Morgan fingerprint density at radius 3 is 2.73 bits per heavy atom. The van der Waals surface area contributed by atoms with E-state index in [4.69, 9.17) is 0 Å². The number of hydrogen-bond acceptors (Lipinski definition) is 3. The lowest BCUT2D eigenvalue weighted by molar-refractivity contribution is -0.117. The van der Waals surface area contributed by atoms with Gasteiger partial charge in [-0.15, -0.1) is 0 Å². The highest BCUT2D eigenvalue weighted by Crippen LogP contribution is 2.26. The molecule has 0 radical (unpaired) electrons. The fourth-order valence-corrected chi connectivity index (χ4v) is 3.18. The molecule has 1 aliphatic rings. The molecule has 2 amide bonds. The number of nitrogens with zero attached hydrogens (tertiary/aromatic N) is 1. The number of carbonyl (C=O) groups is 2. The summed E-state index contributed by atoms with van der Waals surface area (Å²) in [5.41, 5.74) is 3.58. The van der Waals surface area contributed by atoms with E-state index >= 15 is 0 Å². The maximum atomic E-state index is 12.7. The minimum absolute atomic E-state index is 0.0363. The molecule has 1 heterocycles. The zero-order valence-electron chi connectivity index (χ0n) is 15.3. The molecule has 0 spiro atoms. The number of aryl methyl sites for hydroxylation is 1. The van der Waals surface area contributed by atoms with Gasteiger partial charge in [-0.05, 0) is 56.5 Å². The number of nitrogens with one attached hydrogen (secondary N) is 2. The predicted molar refractivity (Wildman–Crippen MR) is 105 cm³/mol. The fourth-order valence-electron chi connectivity index (χ4n) is 3.18. The van der Waals surface area contributed by atoms with Crippen molar-refractivity contribution in [3.05, 3.63) is 59.7 Å². The molecule has 136 valence electrons. The molecule has 5 nitrogen and oxygen atoms in total. The third-order valence-corrected chi connectivity index (χ3v) is 4.40. The highest BCUT2D eigenvalue weighted by Gasteiger charge is 2.21. The summed E-state index contributed by atoms with van der Waals surface area (Å²) in [6, 6.07) is 15.4. The van der Waals surface area contributed by atoms with Crippen molar-refractivity contribution in [1.82, 2.24) is 5.32 Å². The first-order valence-electron chi connectivity index (χ1n) is 9.07. The largest absolute Gasteiger partial charge is 0.376 e. The predicted octanol–water partition coefficient (Wildman–Crippen LogP) is 3.22. The Hall–Kier alpha value is -2.82. The van der Waals surface area contributed by atoms with Crippen LogP contribution in [0.4, 0.5) is 11.4 Å². The van der Waals surface area contributed by atoms with Crippen LogP contribution in [0.15, 0.2) is 48.5 Å². The zero-order valence-corrected chi connectivity index (χ0v) is 15.3. The van der Waals surface area contributed by atoms with E-state index in [9.17, 15) is 9.59 Å². The Morgan fingerprint density at radius 1 is 1.12 bits per heavy atom. The number of hydrogen-bond donors (Lipinski definition) is 2. The van der Waals surface area contributed by atoms with E-state index in [1.54, 1.807) is 12.1 Å². The molecule has 5 heteroatoms. The van der Waals surface area contributed by atoms with E-state index in [1.165, 1.54) is 5.56 Å². The second kappa shape index (κ2) is 8.04. The molecular formula is C21H25N3O2. The number of rotatable bonds is 5. The molecule has 0 aliphatic carbocycles. The average Bonchev–Trinajstić information content (AvgIpc) is 2.65. The molecule has 2 aromatic carbocycles. The van der Waals surface area contributed by atoms with Gasteiger partial charge in [-0.2, -0.15) is 0 Å². The summed E-state index contributed by atoms with van der Waals surface area (Å²) < 4.78 is 0. The molecule has 0 aromatic heterocycles. The molecule has 3 rings (SSSR count). The molecule has 0 saturated carbocycles. The Morgan fingerprint density at radius 2 is 1.92 bits per heavy atom. The van der Waals surface area contributed by atoms with Crippen LogP contribution >= 0.6 is 0 Å². The van der Waals surface area contributed by atoms with Crippen LogP contribution in [0.5, 0.6) is 0 Å². The number of amides is 2. The Balaban J connectivity index is 1.65. The molecule has 0 unspecified atom stereocenters. The van der Waals surface area contributed by atoms with E-state index in [0.29, 0.717) is 5.56 Å². The van der Waals surface area contributed by atoms with Gasteiger partial charge in [0.2, 0.25) is 5.91 Å². The molecule has 2 N–H and O–H groups in total. The molecule has 0 atom stereocenters. The molecule has 0 fully saturated rings. The second-order valence-corrected chi connectivity index (χ2v) is 6.84. The van der Waals surface area contributed by atoms with Crippen LogP contribution in [0, 0.1) is 0 Å². The van der Waals surface area contributed by atoms with Gasteiger partial charge < -0.3 is 15.5 Å². The van der Waals surface area contributed by atoms with Crippen molar-refractivity contribution in [2.24, 2.45) is 0 Å². The number of anilines is 2. The Kier molecular flexibility index (Phi) is 5.56. The second-order valence-electron chi connectivity index (χ2n) is 6.84. The van der Waals surface area contributed by atoms with Crippen molar-refractivity contribution in [2.45, 2.75) is 32.7 Å². The molecule has 2 aromatic rings. The van der Waals surface area contributed by atoms with Gasteiger partial charge in [-0.3, -0.25) is 9.59 Å². The molecule has 0 bridgehead atoms. The summed E-state index contributed by atoms with van der Waals surface area (Å²) in [5.74, 6) is -0.0749. The SMILES string of the molecule is CC(C)NC(=O)c1cccc(NCC(=O)N2CCCc3ccccc32)c1. The Labute approximate surface area is 154 Å². The summed E-state index contributed by atoms with van der Waals surface area (Å²) in [6.07, 6.45) is 1.99. The van der Waals surface area contributed by atoms with Crippen LogP contribution in [-0.2, 0) is 11.2 Å². The third kappa shape index (κ3) is 4.23. The van der Waals surface area contributed by atoms with Crippen LogP contribution < -0.4 is 15.5 Å². The lowest BCUT2D eigenvalue weighted by atomic mass is 10.0. The summed E-state index contributed by atoms with van der Waals surface area (Å²) in [6.45, 7) is 4.79. The quantitative estimate of drug-likeness (QED) is 0.869. The van der Waals surface area contributed by atoms with E-state index in [-0.39, 0.29) is 24.4 Å². The van der Waals surface area contributed by atoms with Gasteiger partial charge in [0.05, 0.1) is 6.54 Å². The Bertz CT molecular complexity index is 801. The molecule has 26 heavy (non-hydrogen) atoms. The maximum Gasteiger partial charge on any atom is 0.251 e. The van der Waals surface area contributed by atoms with Crippen LogP contribution in [0.3, 0.4) is 0 Å². The first kappa shape index (κ1) is 18.0. The summed E-state index contributed by atoms with van der Waals surface area (Å²) in [7, 11) is 0. The molecule has 1 aliphatic heterocycles. The lowest BCUT2D eigenvalue weighted by Gasteiger charge is -2.29.